The molecule has 3 rings (SSSR count). The highest BCUT2D eigenvalue weighted by Gasteiger charge is 2.19. The Morgan fingerprint density at radius 3 is 2.75 bits per heavy atom. The molecule has 0 spiro atoms. The number of carbonyl (C=O) groups is 2. The molecule has 1 aliphatic carbocycles. The van der Waals surface area contributed by atoms with E-state index >= 15 is 0 Å². The van der Waals surface area contributed by atoms with Gasteiger partial charge in [0.15, 0.2) is 11.9 Å². The van der Waals surface area contributed by atoms with Gasteiger partial charge in [0, 0.05) is 33.3 Å². The molecule has 0 radical (unpaired) electrons. The third-order valence-electron chi connectivity index (χ3n) is 4.85. The molecule has 0 unspecified atom stereocenters. The topological polar surface area (TPSA) is 104 Å². The Kier molecular flexibility index (Phi) is 5.93. The third kappa shape index (κ3) is 3.98. The van der Waals surface area contributed by atoms with Crippen LogP contribution in [0.3, 0.4) is 0 Å². The Bertz CT molecular complexity index is 928. The quantitative estimate of drug-likeness (QED) is 0.361. The molecule has 9 nitrogen and oxygen atoms in total. The molecule has 0 saturated heterocycles. The van der Waals surface area contributed by atoms with E-state index in [9.17, 15) is 9.59 Å². The first-order valence-corrected chi connectivity index (χ1v) is 9.18. The highest BCUT2D eigenvalue weighted by molar-refractivity contribution is 6.00. The first kappa shape index (κ1) is 19.4. The average molecular weight is 383 g/mol. The number of aromatic nitrogens is 3. The monoisotopic (exact) mass is 383 g/mol. The molecule has 2 aromatic rings. The van der Waals surface area contributed by atoms with Gasteiger partial charge in [-0.1, -0.05) is 0 Å². The summed E-state index contributed by atoms with van der Waals surface area (Å²) in [5.41, 5.74) is 1.10. The number of nitrogens with zero attached hydrogens (tertiary/aromatic N) is 4. The van der Waals surface area contributed by atoms with E-state index < -0.39 is 0 Å². The molecule has 1 aliphatic rings. The van der Waals surface area contributed by atoms with Crippen LogP contribution in [0.15, 0.2) is 36.3 Å². The van der Waals surface area contributed by atoms with Gasteiger partial charge in [-0.25, -0.2) is 4.98 Å². The summed E-state index contributed by atoms with van der Waals surface area (Å²) in [6.45, 7) is 0. The standard InChI is InChI=1S/C19H25N7O2/c1-20-17-10-16(24-18-15(19(28)21-2)11-22-26(17)18)23-13(12-27)6-5-9-25(3)14-7-4-8-14/h5-6,9-12,14,20H,4,7-8H2,1-3H3,(H,21,28)(H,23,24)/b9-5-,13-6+. The zero-order valence-electron chi connectivity index (χ0n) is 16.3. The van der Waals surface area contributed by atoms with Gasteiger partial charge in [-0.2, -0.15) is 9.61 Å². The van der Waals surface area contributed by atoms with Gasteiger partial charge in [0.2, 0.25) is 0 Å². The summed E-state index contributed by atoms with van der Waals surface area (Å²) in [5.74, 6) is 0.782. The van der Waals surface area contributed by atoms with Gasteiger partial charge in [0.1, 0.15) is 17.2 Å². The van der Waals surface area contributed by atoms with E-state index in [0.29, 0.717) is 34.6 Å². The minimum Gasteiger partial charge on any atom is -0.377 e. The zero-order valence-corrected chi connectivity index (χ0v) is 16.3. The number of hydrogen-bond donors (Lipinski definition) is 3. The predicted molar refractivity (Wildman–Crippen MR) is 108 cm³/mol. The van der Waals surface area contributed by atoms with Gasteiger partial charge in [-0.05, 0) is 37.6 Å². The van der Waals surface area contributed by atoms with E-state index in [1.165, 1.54) is 30.0 Å². The minimum absolute atomic E-state index is 0.283. The zero-order chi connectivity index (χ0) is 20.1. The first-order valence-electron chi connectivity index (χ1n) is 9.18. The second kappa shape index (κ2) is 8.55. The van der Waals surface area contributed by atoms with Crippen molar-refractivity contribution in [1.82, 2.24) is 24.8 Å². The lowest BCUT2D eigenvalue weighted by atomic mass is 9.92. The molecule has 1 saturated carbocycles. The van der Waals surface area contributed by atoms with Crippen LogP contribution in [0.5, 0.6) is 0 Å². The maximum absolute atomic E-state index is 12.0. The second-order valence-corrected chi connectivity index (χ2v) is 6.61. The lowest BCUT2D eigenvalue weighted by molar-refractivity contribution is -0.104. The van der Waals surface area contributed by atoms with Gasteiger partial charge < -0.3 is 20.9 Å². The van der Waals surface area contributed by atoms with Crippen molar-refractivity contribution in [2.45, 2.75) is 25.3 Å². The molecular weight excluding hydrogens is 358 g/mol. The highest BCUT2D eigenvalue weighted by atomic mass is 16.1. The summed E-state index contributed by atoms with van der Waals surface area (Å²) in [6.07, 6.45) is 11.4. The summed E-state index contributed by atoms with van der Waals surface area (Å²) >= 11 is 0. The fraction of sp³-hybridized carbons (Fsp3) is 0.368. The number of anilines is 2. The van der Waals surface area contributed by atoms with Crippen molar-refractivity contribution in [1.29, 1.82) is 0 Å². The van der Waals surface area contributed by atoms with E-state index in [1.807, 2.05) is 19.3 Å². The molecule has 0 aliphatic heterocycles. The second-order valence-electron chi connectivity index (χ2n) is 6.61. The molecule has 28 heavy (non-hydrogen) atoms. The molecule has 0 aromatic carbocycles. The number of amides is 1. The van der Waals surface area contributed by atoms with Gasteiger partial charge in [-0.15, -0.1) is 0 Å². The maximum atomic E-state index is 12.0. The van der Waals surface area contributed by atoms with Crippen molar-refractivity contribution >= 4 is 29.5 Å². The summed E-state index contributed by atoms with van der Waals surface area (Å²) in [5, 5.41) is 12.8. The van der Waals surface area contributed by atoms with Gasteiger partial charge >= 0.3 is 0 Å². The molecule has 1 amide bonds. The Balaban J connectivity index is 1.84. The number of hydrogen-bond acceptors (Lipinski definition) is 7. The molecule has 0 atom stereocenters. The van der Waals surface area contributed by atoms with Crippen molar-refractivity contribution in [2.24, 2.45) is 0 Å². The largest absolute Gasteiger partial charge is 0.377 e. The van der Waals surface area contributed by atoms with E-state index in [-0.39, 0.29) is 5.91 Å². The van der Waals surface area contributed by atoms with Gasteiger partial charge in [0.25, 0.3) is 5.91 Å². The maximum Gasteiger partial charge on any atom is 0.256 e. The number of carbonyl (C=O) groups excluding carboxylic acids is 2. The molecule has 9 heteroatoms. The average Bonchev–Trinajstić information content (AvgIpc) is 3.08. The van der Waals surface area contributed by atoms with Gasteiger partial charge in [-0.3, -0.25) is 9.59 Å². The van der Waals surface area contributed by atoms with Crippen molar-refractivity contribution in [3.63, 3.8) is 0 Å². The van der Waals surface area contributed by atoms with E-state index in [4.69, 9.17) is 0 Å². The third-order valence-corrected chi connectivity index (χ3v) is 4.85. The van der Waals surface area contributed by atoms with Crippen molar-refractivity contribution in [3.05, 3.63) is 41.9 Å². The Morgan fingerprint density at radius 2 is 2.14 bits per heavy atom. The number of allylic oxidation sites excluding steroid dienone is 3. The summed E-state index contributed by atoms with van der Waals surface area (Å²) < 4.78 is 1.54. The van der Waals surface area contributed by atoms with Crippen LogP contribution >= 0.6 is 0 Å². The number of fused-ring (bicyclic) bond motifs is 1. The molecule has 2 aromatic heterocycles. The molecule has 3 N–H and O–H groups in total. The van der Waals surface area contributed by atoms with Crippen LogP contribution < -0.4 is 16.0 Å². The van der Waals surface area contributed by atoms with Crippen molar-refractivity contribution < 1.29 is 9.59 Å². The molecular formula is C19H25N7O2. The fourth-order valence-electron chi connectivity index (χ4n) is 2.96. The van der Waals surface area contributed by atoms with Crippen molar-refractivity contribution in [2.75, 3.05) is 31.8 Å². The number of nitrogens with one attached hydrogen (secondary N) is 3. The van der Waals surface area contributed by atoms with Crippen LogP contribution in [-0.2, 0) is 4.79 Å². The van der Waals surface area contributed by atoms with E-state index in [0.717, 1.165) is 6.29 Å². The normalized spacial score (nSPS) is 14.8. The summed E-state index contributed by atoms with van der Waals surface area (Å²) in [4.78, 5) is 30.1. The summed E-state index contributed by atoms with van der Waals surface area (Å²) in [7, 11) is 5.33. The fourth-order valence-corrected chi connectivity index (χ4v) is 2.96. The lowest BCUT2D eigenvalue weighted by Crippen LogP contribution is -2.33. The number of aldehydes is 1. The number of rotatable bonds is 8. The van der Waals surface area contributed by atoms with Crippen LogP contribution in [0, 0.1) is 0 Å². The van der Waals surface area contributed by atoms with Gasteiger partial charge in [0.05, 0.1) is 11.9 Å². The SMILES string of the molecule is CNC(=O)c1cnn2c(NC)cc(N/C(C=O)=C/C=C\N(C)C3CCC3)nc12. The molecule has 1 fully saturated rings. The van der Waals surface area contributed by atoms with E-state index in [2.05, 4.69) is 30.9 Å². The first-order chi connectivity index (χ1) is 13.6. The smallest absolute Gasteiger partial charge is 0.256 e. The Labute approximate surface area is 163 Å². The molecule has 2 heterocycles. The molecule has 148 valence electrons. The Morgan fingerprint density at radius 1 is 1.36 bits per heavy atom. The lowest BCUT2D eigenvalue weighted by Gasteiger charge is -2.33. The highest BCUT2D eigenvalue weighted by Crippen LogP contribution is 2.23. The Hall–Kier alpha value is -3.36. The van der Waals surface area contributed by atoms with E-state index in [1.54, 1.807) is 26.2 Å². The predicted octanol–water partition coefficient (Wildman–Crippen LogP) is 1.62. The van der Waals surface area contributed by atoms with Crippen LogP contribution in [-0.4, -0.2) is 58.9 Å². The van der Waals surface area contributed by atoms with Crippen LogP contribution in [0.1, 0.15) is 29.6 Å². The van der Waals surface area contributed by atoms with Crippen LogP contribution in [0.4, 0.5) is 11.6 Å². The van der Waals surface area contributed by atoms with Crippen molar-refractivity contribution in [3.8, 4) is 0 Å². The van der Waals surface area contributed by atoms with Crippen LogP contribution in [0.2, 0.25) is 0 Å². The summed E-state index contributed by atoms with van der Waals surface area (Å²) in [6, 6.07) is 2.30. The minimum atomic E-state index is -0.283. The van der Waals surface area contributed by atoms with Crippen LogP contribution in [0.25, 0.3) is 5.65 Å². The molecule has 0 bridgehead atoms.